The highest BCUT2D eigenvalue weighted by atomic mass is 16.1. The van der Waals surface area contributed by atoms with E-state index in [2.05, 4.69) is 31.0 Å². The molecular weight excluding hydrogens is 186 g/mol. The number of isocyanates is 1. The molecule has 1 rings (SSSR count). The quantitative estimate of drug-likeness (QED) is 0.372. The number of allylic oxidation sites excluding steroid dienone is 2. The molecule has 2 atom stereocenters. The molecule has 0 N–H and O–H groups in total. The monoisotopic (exact) mass is 207 g/mol. The van der Waals surface area contributed by atoms with Crippen LogP contribution >= 0.6 is 0 Å². The molecule has 1 aliphatic carbocycles. The second kappa shape index (κ2) is 6.58. The van der Waals surface area contributed by atoms with Crippen molar-refractivity contribution < 1.29 is 4.79 Å². The van der Waals surface area contributed by atoms with Crippen LogP contribution < -0.4 is 0 Å². The first-order valence-corrected chi connectivity index (χ1v) is 6.03. The molecule has 0 spiro atoms. The highest BCUT2D eigenvalue weighted by Crippen LogP contribution is 2.32. The van der Waals surface area contributed by atoms with Gasteiger partial charge in [0.2, 0.25) is 6.08 Å². The average molecular weight is 207 g/mol. The summed E-state index contributed by atoms with van der Waals surface area (Å²) in [5.74, 6) is 1.49. The summed E-state index contributed by atoms with van der Waals surface area (Å²) in [5, 5.41) is 0. The third-order valence-electron chi connectivity index (χ3n) is 3.52. The summed E-state index contributed by atoms with van der Waals surface area (Å²) in [7, 11) is 0. The highest BCUT2D eigenvalue weighted by molar-refractivity contribution is 5.33. The van der Waals surface area contributed by atoms with Crippen LogP contribution in [-0.2, 0) is 4.79 Å². The number of hydrogen-bond acceptors (Lipinski definition) is 2. The van der Waals surface area contributed by atoms with Crippen LogP contribution in [0.5, 0.6) is 0 Å². The number of aliphatic imine (C=N–C) groups is 1. The van der Waals surface area contributed by atoms with Gasteiger partial charge >= 0.3 is 0 Å². The Balaban J connectivity index is 2.47. The van der Waals surface area contributed by atoms with Crippen molar-refractivity contribution in [1.29, 1.82) is 0 Å². The van der Waals surface area contributed by atoms with Gasteiger partial charge in [-0.25, -0.2) is 9.79 Å². The molecule has 0 aromatic rings. The summed E-state index contributed by atoms with van der Waals surface area (Å²) in [6.07, 6.45) is 11.9. The van der Waals surface area contributed by atoms with Gasteiger partial charge in [-0.15, -0.1) is 0 Å². The largest absolute Gasteiger partial charge is 0.235 e. The Morgan fingerprint density at radius 1 is 1.33 bits per heavy atom. The van der Waals surface area contributed by atoms with Gasteiger partial charge < -0.3 is 0 Å². The summed E-state index contributed by atoms with van der Waals surface area (Å²) in [6, 6.07) is 0.188. The zero-order valence-electron chi connectivity index (χ0n) is 9.78. The summed E-state index contributed by atoms with van der Waals surface area (Å²) >= 11 is 0. The van der Waals surface area contributed by atoms with Crippen molar-refractivity contribution in [3.63, 3.8) is 0 Å². The molecule has 84 valence electrons. The number of rotatable bonds is 6. The maximum absolute atomic E-state index is 10.3. The fourth-order valence-corrected chi connectivity index (χ4v) is 2.45. The van der Waals surface area contributed by atoms with Gasteiger partial charge in [0.25, 0.3) is 0 Å². The van der Waals surface area contributed by atoms with Gasteiger partial charge in [-0.1, -0.05) is 32.4 Å². The van der Waals surface area contributed by atoms with Crippen LogP contribution in [0.2, 0.25) is 0 Å². The molecule has 0 saturated heterocycles. The second-order valence-corrected chi connectivity index (χ2v) is 4.39. The van der Waals surface area contributed by atoms with Gasteiger partial charge in [0.15, 0.2) is 0 Å². The fraction of sp³-hybridized carbons (Fsp3) is 0.769. The third kappa shape index (κ3) is 3.64. The summed E-state index contributed by atoms with van der Waals surface area (Å²) in [6.45, 7) is 4.32. The van der Waals surface area contributed by atoms with Crippen LogP contribution in [0, 0.1) is 11.8 Å². The Morgan fingerprint density at radius 3 is 2.47 bits per heavy atom. The highest BCUT2D eigenvalue weighted by Gasteiger charge is 2.23. The van der Waals surface area contributed by atoms with Gasteiger partial charge in [0.1, 0.15) is 0 Å². The molecule has 0 heterocycles. The molecule has 0 saturated carbocycles. The lowest BCUT2D eigenvalue weighted by atomic mass is 9.83. The van der Waals surface area contributed by atoms with Crippen molar-refractivity contribution in [1.82, 2.24) is 0 Å². The smallest absolute Gasteiger partial charge is 0.211 e. The molecule has 0 aliphatic heterocycles. The lowest BCUT2D eigenvalue weighted by Crippen LogP contribution is -2.17. The van der Waals surface area contributed by atoms with E-state index in [1.807, 2.05) is 0 Å². The lowest BCUT2D eigenvalue weighted by molar-refractivity contribution is 0.294. The second-order valence-electron chi connectivity index (χ2n) is 4.39. The van der Waals surface area contributed by atoms with Crippen molar-refractivity contribution in [2.24, 2.45) is 16.8 Å². The molecule has 2 heteroatoms. The van der Waals surface area contributed by atoms with Gasteiger partial charge in [0.05, 0.1) is 6.04 Å². The zero-order valence-corrected chi connectivity index (χ0v) is 9.78. The number of nitrogens with zero attached hydrogens (tertiary/aromatic N) is 1. The van der Waals surface area contributed by atoms with Crippen molar-refractivity contribution in [3.05, 3.63) is 12.2 Å². The van der Waals surface area contributed by atoms with Crippen LogP contribution in [0.15, 0.2) is 17.1 Å². The van der Waals surface area contributed by atoms with Gasteiger partial charge in [-0.3, -0.25) is 0 Å². The van der Waals surface area contributed by atoms with E-state index in [1.54, 1.807) is 6.08 Å². The first-order valence-electron chi connectivity index (χ1n) is 6.03. The van der Waals surface area contributed by atoms with Crippen molar-refractivity contribution in [3.8, 4) is 0 Å². The molecule has 0 aromatic carbocycles. The minimum Gasteiger partial charge on any atom is -0.211 e. The summed E-state index contributed by atoms with van der Waals surface area (Å²) in [4.78, 5) is 14.1. The number of carbonyl (C=O) groups excluding carboxylic acids is 1. The van der Waals surface area contributed by atoms with E-state index in [0.717, 1.165) is 18.8 Å². The van der Waals surface area contributed by atoms with Crippen molar-refractivity contribution >= 4 is 6.08 Å². The number of hydrogen-bond donors (Lipinski definition) is 0. The molecule has 0 fully saturated rings. The zero-order chi connectivity index (χ0) is 11.1. The van der Waals surface area contributed by atoms with Gasteiger partial charge in [0, 0.05) is 0 Å². The fourth-order valence-electron chi connectivity index (χ4n) is 2.45. The maximum Gasteiger partial charge on any atom is 0.235 e. The molecule has 0 radical (unpaired) electrons. The van der Waals surface area contributed by atoms with Gasteiger partial charge in [-0.05, 0) is 37.5 Å². The molecule has 0 aromatic heterocycles. The molecule has 0 amide bonds. The Hall–Kier alpha value is -0.880. The average Bonchev–Trinajstić information content (AvgIpc) is 2.77. The van der Waals surface area contributed by atoms with Crippen molar-refractivity contribution in [2.75, 3.05) is 0 Å². The molecule has 0 bridgehead atoms. The molecule has 2 unspecified atom stereocenters. The van der Waals surface area contributed by atoms with E-state index in [9.17, 15) is 4.79 Å². The van der Waals surface area contributed by atoms with Crippen LogP contribution in [0.1, 0.15) is 46.0 Å². The Bertz CT molecular complexity index is 245. The predicted octanol–water partition coefficient (Wildman–Crippen LogP) is 3.48. The molecular formula is C13H21NO. The predicted molar refractivity (Wildman–Crippen MR) is 62.5 cm³/mol. The third-order valence-corrected chi connectivity index (χ3v) is 3.52. The normalized spacial score (nSPS) is 19.9. The Kier molecular flexibility index (Phi) is 5.34. The first kappa shape index (κ1) is 12.2. The van der Waals surface area contributed by atoms with Crippen molar-refractivity contribution in [2.45, 2.75) is 52.0 Å². The van der Waals surface area contributed by atoms with E-state index in [4.69, 9.17) is 0 Å². The SMILES string of the molecule is CCC(CC(CC)C1CC=CC1)N=C=O. The van der Waals surface area contributed by atoms with E-state index < -0.39 is 0 Å². The lowest BCUT2D eigenvalue weighted by Gasteiger charge is -2.24. The Morgan fingerprint density at radius 2 is 2.00 bits per heavy atom. The van der Waals surface area contributed by atoms with Crippen LogP contribution in [0.25, 0.3) is 0 Å². The minimum atomic E-state index is 0.188. The molecule has 2 nitrogen and oxygen atoms in total. The Labute approximate surface area is 92.5 Å². The topological polar surface area (TPSA) is 29.4 Å². The van der Waals surface area contributed by atoms with E-state index in [1.165, 1.54) is 19.3 Å². The van der Waals surface area contributed by atoms with Gasteiger partial charge in [-0.2, -0.15) is 0 Å². The maximum atomic E-state index is 10.3. The first-order chi connectivity index (χ1) is 7.31. The standard InChI is InChI=1S/C13H21NO/c1-3-11(12-7-5-6-8-12)9-13(4-2)14-10-15/h5-6,11-13H,3-4,7-9H2,1-2H3. The minimum absolute atomic E-state index is 0.188. The summed E-state index contributed by atoms with van der Waals surface area (Å²) < 4.78 is 0. The van der Waals surface area contributed by atoms with Crippen LogP contribution in [-0.4, -0.2) is 12.1 Å². The summed E-state index contributed by atoms with van der Waals surface area (Å²) in [5.41, 5.74) is 0. The van der Waals surface area contributed by atoms with E-state index >= 15 is 0 Å². The molecule has 1 aliphatic rings. The molecule has 15 heavy (non-hydrogen) atoms. The van der Waals surface area contributed by atoms with Crippen LogP contribution in [0.4, 0.5) is 0 Å². The van der Waals surface area contributed by atoms with E-state index in [-0.39, 0.29) is 6.04 Å². The van der Waals surface area contributed by atoms with E-state index in [0.29, 0.717) is 5.92 Å². The van der Waals surface area contributed by atoms with Crippen LogP contribution in [0.3, 0.4) is 0 Å².